The van der Waals surface area contributed by atoms with Crippen molar-refractivity contribution >= 4 is 33.2 Å². The lowest BCUT2D eigenvalue weighted by Gasteiger charge is -2.25. The zero-order valence-corrected chi connectivity index (χ0v) is 14.1. The number of rotatable bonds is 3. The molecule has 2 aromatic carbocycles. The molecule has 1 fully saturated rings. The van der Waals surface area contributed by atoms with E-state index in [4.69, 9.17) is 23.2 Å². The Balaban J connectivity index is 2.03. The van der Waals surface area contributed by atoms with Crippen molar-refractivity contribution in [1.82, 2.24) is 4.31 Å². The highest BCUT2D eigenvalue weighted by Crippen LogP contribution is 2.38. The number of nitrogens with zero attached hydrogens (tertiary/aromatic N) is 1. The van der Waals surface area contributed by atoms with E-state index >= 15 is 0 Å². The summed E-state index contributed by atoms with van der Waals surface area (Å²) in [4.78, 5) is 0.0736. The Morgan fingerprint density at radius 2 is 1.77 bits per heavy atom. The van der Waals surface area contributed by atoms with Crippen LogP contribution in [0.25, 0.3) is 0 Å². The Labute approximate surface area is 140 Å². The fourth-order valence-corrected chi connectivity index (χ4v) is 5.26. The Morgan fingerprint density at radius 1 is 1.05 bits per heavy atom. The smallest absolute Gasteiger partial charge is 0.207 e. The van der Waals surface area contributed by atoms with E-state index in [2.05, 4.69) is 0 Å². The van der Waals surface area contributed by atoms with Crippen molar-refractivity contribution in [1.29, 1.82) is 0 Å². The molecule has 1 unspecified atom stereocenters. The lowest BCUT2D eigenvalue weighted by atomic mass is 10.1. The first-order valence-corrected chi connectivity index (χ1v) is 9.21. The van der Waals surface area contributed by atoms with Crippen molar-refractivity contribution in [2.75, 3.05) is 6.54 Å². The van der Waals surface area contributed by atoms with E-state index in [1.807, 2.05) is 30.3 Å². The van der Waals surface area contributed by atoms with E-state index in [9.17, 15) is 8.42 Å². The number of benzene rings is 2. The molecule has 1 atom stereocenters. The summed E-state index contributed by atoms with van der Waals surface area (Å²) in [6.45, 7) is 0.491. The zero-order valence-electron chi connectivity index (χ0n) is 11.7. The first kappa shape index (κ1) is 15.8. The summed E-state index contributed by atoms with van der Waals surface area (Å²) in [5.41, 5.74) is 1.00. The van der Waals surface area contributed by atoms with Crippen LogP contribution >= 0.6 is 23.2 Å². The second kappa shape index (κ2) is 6.20. The van der Waals surface area contributed by atoms with Gasteiger partial charge in [-0.1, -0.05) is 53.5 Å². The molecule has 3 nitrogen and oxygen atoms in total. The summed E-state index contributed by atoms with van der Waals surface area (Å²) in [6.07, 6.45) is 1.64. The molecule has 0 bridgehead atoms. The minimum atomic E-state index is -3.67. The van der Waals surface area contributed by atoms with E-state index in [-0.39, 0.29) is 16.0 Å². The second-order valence-electron chi connectivity index (χ2n) is 5.26. The minimum Gasteiger partial charge on any atom is -0.207 e. The summed E-state index contributed by atoms with van der Waals surface area (Å²) in [6, 6.07) is 14.0. The predicted molar refractivity (Wildman–Crippen MR) is 88.8 cm³/mol. The van der Waals surface area contributed by atoms with Crippen LogP contribution in [0.2, 0.25) is 10.0 Å². The molecular weight excluding hydrogens is 341 g/mol. The van der Waals surface area contributed by atoms with Gasteiger partial charge in [0, 0.05) is 11.6 Å². The van der Waals surface area contributed by atoms with E-state index in [1.54, 1.807) is 6.07 Å². The van der Waals surface area contributed by atoms with Crippen LogP contribution in [0.15, 0.2) is 53.4 Å². The number of hydrogen-bond acceptors (Lipinski definition) is 2. The van der Waals surface area contributed by atoms with E-state index in [0.29, 0.717) is 11.6 Å². The number of sulfonamides is 1. The maximum absolute atomic E-state index is 13.0. The van der Waals surface area contributed by atoms with E-state index in [0.717, 1.165) is 18.4 Å². The van der Waals surface area contributed by atoms with Gasteiger partial charge in [-0.2, -0.15) is 4.31 Å². The van der Waals surface area contributed by atoms with Crippen LogP contribution in [0.5, 0.6) is 0 Å². The van der Waals surface area contributed by atoms with Gasteiger partial charge in [0.1, 0.15) is 4.90 Å². The Kier molecular flexibility index (Phi) is 4.46. The van der Waals surface area contributed by atoms with Gasteiger partial charge < -0.3 is 0 Å². The summed E-state index contributed by atoms with van der Waals surface area (Å²) in [7, 11) is -3.67. The fraction of sp³-hybridized carbons (Fsp3) is 0.250. The van der Waals surface area contributed by atoms with Crippen LogP contribution in [-0.2, 0) is 10.0 Å². The molecular formula is C16H15Cl2NO2S. The molecule has 116 valence electrons. The average molecular weight is 356 g/mol. The first-order chi connectivity index (χ1) is 10.5. The predicted octanol–water partition coefficient (Wildman–Crippen LogP) is 4.52. The molecule has 1 heterocycles. The normalized spacial score (nSPS) is 19.5. The average Bonchev–Trinajstić information content (AvgIpc) is 3.01. The van der Waals surface area contributed by atoms with Crippen LogP contribution in [0.1, 0.15) is 24.4 Å². The van der Waals surface area contributed by atoms with Crippen molar-refractivity contribution in [2.24, 2.45) is 0 Å². The molecule has 2 aromatic rings. The van der Waals surface area contributed by atoms with Gasteiger partial charge in [-0.25, -0.2) is 8.42 Å². The Morgan fingerprint density at radius 3 is 2.50 bits per heavy atom. The highest BCUT2D eigenvalue weighted by molar-refractivity contribution is 7.89. The monoisotopic (exact) mass is 355 g/mol. The maximum atomic E-state index is 13.0. The van der Waals surface area contributed by atoms with Crippen molar-refractivity contribution in [3.05, 3.63) is 64.1 Å². The van der Waals surface area contributed by atoms with Gasteiger partial charge in [-0.15, -0.1) is 0 Å². The third-order valence-corrected chi connectivity index (χ3v) is 6.49. The summed E-state index contributed by atoms with van der Waals surface area (Å²) in [5.74, 6) is 0. The van der Waals surface area contributed by atoms with Gasteiger partial charge in [0.05, 0.1) is 11.1 Å². The standard InChI is InChI=1S/C16H15Cl2NO2S/c17-13-8-9-14(18)16(11-13)22(20,21)19-10-4-7-15(19)12-5-2-1-3-6-12/h1-3,5-6,8-9,11,15H,4,7,10H2. The van der Waals surface area contributed by atoms with Crippen molar-refractivity contribution in [3.8, 4) is 0 Å². The van der Waals surface area contributed by atoms with Crippen molar-refractivity contribution in [2.45, 2.75) is 23.8 Å². The van der Waals surface area contributed by atoms with E-state index < -0.39 is 10.0 Å². The number of halogens is 2. The van der Waals surface area contributed by atoms with Crippen LogP contribution in [-0.4, -0.2) is 19.3 Å². The largest absolute Gasteiger partial charge is 0.245 e. The van der Waals surface area contributed by atoms with Crippen molar-refractivity contribution in [3.63, 3.8) is 0 Å². The molecule has 0 saturated carbocycles. The quantitative estimate of drug-likeness (QED) is 0.811. The van der Waals surface area contributed by atoms with Crippen LogP contribution in [0, 0.1) is 0 Å². The lowest BCUT2D eigenvalue weighted by molar-refractivity contribution is 0.397. The highest BCUT2D eigenvalue weighted by Gasteiger charge is 2.37. The Hall–Kier alpha value is -1.07. The molecule has 1 aliphatic rings. The van der Waals surface area contributed by atoms with Gasteiger partial charge in [0.15, 0.2) is 0 Å². The summed E-state index contributed by atoms with van der Waals surface area (Å²) >= 11 is 12.0. The second-order valence-corrected chi connectivity index (χ2v) is 7.96. The van der Waals surface area contributed by atoms with Gasteiger partial charge in [0.2, 0.25) is 10.0 Å². The molecule has 1 aliphatic heterocycles. The minimum absolute atomic E-state index is 0.0736. The van der Waals surface area contributed by atoms with Crippen LogP contribution in [0.4, 0.5) is 0 Å². The first-order valence-electron chi connectivity index (χ1n) is 7.02. The topological polar surface area (TPSA) is 37.4 Å². The molecule has 0 radical (unpaired) electrons. The van der Waals surface area contributed by atoms with Crippen LogP contribution < -0.4 is 0 Å². The molecule has 1 saturated heterocycles. The SMILES string of the molecule is O=S(=O)(c1cc(Cl)ccc1Cl)N1CCCC1c1ccccc1. The van der Waals surface area contributed by atoms with Gasteiger partial charge in [-0.3, -0.25) is 0 Å². The molecule has 3 rings (SSSR count). The lowest BCUT2D eigenvalue weighted by Crippen LogP contribution is -2.30. The van der Waals surface area contributed by atoms with Crippen LogP contribution in [0.3, 0.4) is 0 Å². The molecule has 6 heteroatoms. The van der Waals surface area contributed by atoms with Gasteiger partial charge in [-0.05, 0) is 36.6 Å². The molecule has 0 aromatic heterocycles. The van der Waals surface area contributed by atoms with Gasteiger partial charge in [0.25, 0.3) is 0 Å². The molecule has 0 N–H and O–H groups in total. The third kappa shape index (κ3) is 2.88. The molecule has 0 aliphatic carbocycles. The Bertz CT molecular complexity index is 778. The fourth-order valence-electron chi connectivity index (χ4n) is 2.84. The van der Waals surface area contributed by atoms with E-state index in [1.165, 1.54) is 16.4 Å². The van der Waals surface area contributed by atoms with Crippen molar-refractivity contribution < 1.29 is 8.42 Å². The molecule has 0 amide bonds. The molecule has 0 spiro atoms. The highest BCUT2D eigenvalue weighted by atomic mass is 35.5. The third-order valence-electron chi connectivity index (χ3n) is 3.87. The summed E-state index contributed by atoms with van der Waals surface area (Å²) in [5, 5.41) is 0.557. The number of hydrogen-bond donors (Lipinski definition) is 0. The summed E-state index contributed by atoms with van der Waals surface area (Å²) < 4.78 is 27.5. The molecule has 22 heavy (non-hydrogen) atoms. The maximum Gasteiger partial charge on any atom is 0.245 e. The van der Waals surface area contributed by atoms with Gasteiger partial charge >= 0.3 is 0 Å². The zero-order chi connectivity index (χ0) is 15.7.